The Labute approximate surface area is 130 Å². The van der Waals surface area contributed by atoms with Gasteiger partial charge in [-0.3, -0.25) is 0 Å². The van der Waals surface area contributed by atoms with Gasteiger partial charge in [-0.1, -0.05) is 24.3 Å². The Kier molecular flexibility index (Phi) is 5.54. The van der Waals surface area contributed by atoms with Crippen LogP contribution in [0.2, 0.25) is 0 Å². The molecule has 4 nitrogen and oxygen atoms in total. The molecule has 0 aliphatic carbocycles. The van der Waals surface area contributed by atoms with Crippen LogP contribution in [-0.4, -0.2) is 30.5 Å². The van der Waals surface area contributed by atoms with Crippen molar-refractivity contribution in [3.05, 3.63) is 54.6 Å². The lowest BCUT2D eigenvalue weighted by molar-refractivity contribution is 0.306. The molecule has 2 aromatic carbocycles. The Bertz CT molecular complexity index is 590. The molecule has 0 atom stereocenters. The van der Waals surface area contributed by atoms with E-state index in [1.54, 1.807) is 7.11 Å². The predicted octanol–water partition coefficient (Wildman–Crippen LogP) is 2.89. The average molecular weight is 302 g/mol. The van der Waals surface area contributed by atoms with Gasteiger partial charge in [0.2, 0.25) is 0 Å². The topological polar surface area (TPSA) is 44.7 Å². The first-order chi connectivity index (χ1) is 10.2. The van der Waals surface area contributed by atoms with Crippen LogP contribution in [0.4, 0.5) is 11.4 Å². The van der Waals surface area contributed by atoms with Gasteiger partial charge in [-0.2, -0.15) is 0 Å². The minimum absolute atomic E-state index is 0.0226. The highest BCUT2D eigenvalue weighted by atomic mass is 32.1. The predicted molar refractivity (Wildman–Crippen MR) is 90.1 cm³/mol. The fraction of sp³-hybridized carbons (Fsp3) is 0.188. The van der Waals surface area contributed by atoms with Gasteiger partial charge in [0.15, 0.2) is 5.11 Å². The van der Waals surface area contributed by atoms with Crippen molar-refractivity contribution in [2.24, 2.45) is 0 Å². The van der Waals surface area contributed by atoms with Crippen LogP contribution in [0.5, 0.6) is 5.75 Å². The molecule has 0 bridgehead atoms. The van der Waals surface area contributed by atoms with E-state index in [2.05, 4.69) is 5.32 Å². The second-order valence-electron chi connectivity index (χ2n) is 4.37. The van der Waals surface area contributed by atoms with Crippen LogP contribution in [0.25, 0.3) is 0 Å². The second kappa shape index (κ2) is 7.61. The van der Waals surface area contributed by atoms with Crippen molar-refractivity contribution in [2.75, 3.05) is 30.5 Å². The van der Waals surface area contributed by atoms with Crippen molar-refractivity contribution in [3.63, 3.8) is 0 Å². The zero-order chi connectivity index (χ0) is 15.1. The number of nitrogens with zero attached hydrogens (tertiary/aromatic N) is 1. The molecule has 110 valence electrons. The number of aliphatic hydroxyl groups excluding tert-OH is 1. The van der Waals surface area contributed by atoms with Gasteiger partial charge in [0.05, 0.1) is 13.7 Å². The Hall–Kier alpha value is -2.11. The first kappa shape index (κ1) is 15.3. The Morgan fingerprint density at radius 2 is 1.95 bits per heavy atom. The van der Waals surface area contributed by atoms with Crippen LogP contribution < -0.4 is 15.0 Å². The van der Waals surface area contributed by atoms with Crippen LogP contribution in [0.15, 0.2) is 54.6 Å². The van der Waals surface area contributed by atoms with E-state index in [4.69, 9.17) is 17.0 Å². The molecule has 0 aliphatic heterocycles. The van der Waals surface area contributed by atoms with E-state index in [0.29, 0.717) is 11.7 Å². The van der Waals surface area contributed by atoms with Crippen molar-refractivity contribution >= 4 is 28.7 Å². The Morgan fingerprint density at radius 1 is 1.19 bits per heavy atom. The summed E-state index contributed by atoms with van der Waals surface area (Å²) in [5, 5.41) is 12.9. The fourth-order valence-electron chi connectivity index (χ4n) is 1.95. The highest BCUT2D eigenvalue weighted by Gasteiger charge is 2.11. The fourth-order valence-corrected chi connectivity index (χ4v) is 2.26. The van der Waals surface area contributed by atoms with E-state index in [0.717, 1.165) is 17.1 Å². The van der Waals surface area contributed by atoms with Crippen LogP contribution in [0, 0.1) is 0 Å². The van der Waals surface area contributed by atoms with E-state index < -0.39 is 0 Å². The summed E-state index contributed by atoms with van der Waals surface area (Å²) >= 11 is 5.45. The van der Waals surface area contributed by atoms with Crippen LogP contribution in [0.1, 0.15) is 0 Å². The number of hydrogen-bond acceptors (Lipinski definition) is 3. The van der Waals surface area contributed by atoms with Crippen molar-refractivity contribution in [1.29, 1.82) is 0 Å². The Balaban J connectivity index is 2.15. The number of benzene rings is 2. The minimum Gasteiger partial charge on any atom is -0.497 e. The summed E-state index contributed by atoms with van der Waals surface area (Å²) < 4.78 is 5.19. The minimum atomic E-state index is 0.0226. The summed E-state index contributed by atoms with van der Waals surface area (Å²) in [4.78, 5) is 1.86. The molecule has 0 saturated carbocycles. The molecular formula is C16H18N2O2S. The third kappa shape index (κ3) is 4.18. The van der Waals surface area contributed by atoms with Crippen molar-refractivity contribution in [2.45, 2.75) is 0 Å². The number of rotatable bonds is 5. The normalized spacial score (nSPS) is 10.0. The molecule has 0 aliphatic rings. The maximum Gasteiger partial charge on any atom is 0.178 e. The molecule has 0 saturated heterocycles. The molecule has 5 heteroatoms. The smallest absolute Gasteiger partial charge is 0.178 e. The maximum absolute atomic E-state index is 9.25. The monoisotopic (exact) mass is 302 g/mol. The quantitative estimate of drug-likeness (QED) is 0.832. The molecule has 0 aromatic heterocycles. The number of thiocarbonyl (C=S) groups is 1. The molecule has 0 spiro atoms. The first-order valence-corrected chi connectivity index (χ1v) is 7.04. The standard InChI is InChI=1S/C16H18N2O2S/c1-20-15-9-5-6-13(12-15)17-16(21)18(10-11-19)14-7-3-2-4-8-14/h2-9,12,19H,10-11H2,1H3,(H,17,21). The first-order valence-electron chi connectivity index (χ1n) is 6.63. The summed E-state index contributed by atoms with van der Waals surface area (Å²) in [6.45, 7) is 0.453. The highest BCUT2D eigenvalue weighted by Crippen LogP contribution is 2.19. The zero-order valence-electron chi connectivity index (χ0n) is 11.8. The van der Waals surface area contributed by atoms with E-state index in [1.165, 1.54) is 0 Å². The van der Waals surface area contributed by atoms with Crippen molar-refractivity contribution in [1.82, 2.24) is 0 Å². The van der Waals surface area contributed by atoms with E-state index >= 15 is 0 Å². The molecule has 0 fully saturated rings. The molecular weight excluding hydrogens is 284 g/mol. The zero-order valence-corrected chi connectivity index (χ0v) is 12.6. The van der Waals surface area contributed by atoms with Crippen LogP contribution in [-0.2, 0) is 0 Å². The second-order valence-corrected chi connectivity index (χ2v) is 4.76. The lowest BCUT2D eigenvalue weighted by atomic mass is 10.3. The number of anilines is 2. The molecule has 2 aromatic rings. The number of nitrogens with one attached hydrogen (secondary N) is 1. The lowest BCUT2D eigenvalue weighted by Crippen LogP contribution is -2.36. The van der Waals surface area contributed by atoms with Gasteiger partial charge in [0, 0.05) is 24.0 Å². The van der Waals surface area contributed by atoms with Crippen molar-refractivity contribution < 1.29 is 9.84 Å². The van der Waals surface area contributed by atoms with Gasteiger partial charge < -0.3 is 20.1 Å². The summed E-state index contributed by atoms with van der Waals surface area (Å²) in [6, 6.07) is 17.3. The van der Waals surface area contributed by atoms with E-state index in [-0.39, 0.29) is 6.61 Å². The maximum atomic E-state index is 9.25. The van der Waals surface area contributed by atoms with E-state index in [9.17, 15) is 5.11 Å². The molecule has 0 heterocycles. The molecule has 0 radical (unpaired) electrons. The number of para-hydroxylation sites is 1. The third-order valence-corrected chi connectivity index (χ3v) is 3.28. The lowest BCUT2D eigenvalue weighted by Gasteiger charge is -2.25. The van der Waals surface area contributed by atoms with E-state index in [1.807, 2.05) is 59.5 Å². The van der Waals surface area contributed by atoms with Crippen molar-refractivity contribution in [3.8, 4) is 5.75 Å². The third-order valence-electron chi connectivity index (χ3n) is 2.96. The van der Waals surface area contributed by atoms with Gasteiger partial charge in [0.25, 0.3) is 0 Å². The molecule has 0 amide bonds. The summed E-state index contributed by atoms with van der Waals surface area (Å²) in [5.74, 6) is 0.760. The number of aliphatic hydroxyl groups is 1. The molecule has 0 unspecified atom stereocenters. The van der Waals surface area contributed by atoms with Crippen LogP contribution >= 0.6 is 12.2 Å². The van der Waals surface area contributed by atoms with Gasteiger partial charge in [-0.05, 0) is 36.5 Å². The van der Waals surface area contributed by atoms with Gasteiger partial charge in [-0.15, -0.1) is 0 Å². The number of methoxy groups -OCH3 is 1. The average Bonchev–Trinajstić information content (AvgIpc) is 2.53. The summed E-state index contributed by atoms with van der Waals surface area (Å²) in [7, 11) is 1.62. The largest absolute Gasteiger partial charge is 0.497 e. The number of ether oxygens (including phenoxy) is 1. The molecule has 2 rings (SSSR count). The molecule has 21 heavy (non-hydrogen) atoms. The number of hydrogen-bond donors (Lipinski definition) is 2. The van der Waals surface area contributed by atoms with Crippen LogP contribution in [0.3, 0.4) is 0 Å². The summed E-state index contributed by atoms with van der Waals surface area (Å²) in [6.07, 6.45) is 0. The van der Waals surface area contributed by atoms with Gasteiger partial charge in [0.1, 0.15) is 5.75 Å². The summed E-state index contributed by atoms with van der Waals surface area (Å²) in [5.41, 5.74) is 1.78. The molecule has 2 N–H and O–H groups in total. The SMILES string of the molecule is COc1cccc(NC(=S)N(CCO)c2ccccc2)c1. The van der Waals surface area contributed by atoms with Gasteiger partial charge in [-0.25, -0.2) is 0 Å². The Morgan fingerprint density at radius 3 is 2.62 bits per heavy atom. The van der Waals surface area contributed by atoms with Gasteiger partial charge >= 0.3 is 0 Å². The highest BCUT2D eigenvalue weighted by molar-refractivity contribution is 7.80.